The summed E-state index contributed by atoms with van der Waals surface area (Å²) in [6.45, 7) is 9.44. The molecule has 0 aliphatic rings. The first-order valence-corrected chi connectivity index (χ1v) is 7.68. The number of amides is 1. The maximum Gasteiger partial charge on any atom is 0.221 e. The molecule has 0 radical (unpaired) electrons. The van der Waals surface area contributed by atoms with Gasteiger partial charge in [-0.15, -0.1) is 0 Å². The number of rotatable bonds is 7. The summed E-state index contributed by atoms with van der Waals surface area (Å²) in [7, 11) is -0.806. The van der Waals surface area contributed by atoms with Gasteiger partial charge in [0.1, 0.15) is 0 Å². The van der Waals surface area contributed by atoms with Crippen molar-refractivity contribution in [3.63, 3.8) is 0 Å². The van der Waals surface area contributed by atoms with E-state index in [-0.39, 0.29) is 16.7 Å². The third kappa shape index (κ3) is 10.5. The van der Waals surface area contributed by atoms with Gasteiger partial charge in [-0.3, -0.25) is 9.00 Å². The predicted octanol–water partition coefficient (Wildman–Crippen LogP) is 1.04. The topological polar surface area (TPSA) is 58.2 Å². The van der Waals surface area contributed by atoms with E-state index in [1.54, 1.807) is 6.26 Å². The lowest BCUT2D eigenvalue weighted by atomic mass is 10.1. The minimum Gasteiger partial charge on any atom is -0.356 e. The molecule has 102 valence electrons. The molecule has 0 aliphatic carbocycles. The van der Waals surface area contributed by atoms with Crippen molar-refractivity contribution in [2.45, 2.75) is 51.3 Å². The van der Waals surface area contributed by atoms with Crippen LogP contribution in [0.1, 0.15) is 40.5 Å². The molecule has 2 atom stereocenters. The lowest BCUT2D eigenvalue weighted by Crippen LogP contribution is -2.38. The summed E-state index contributed by atoms with van der Waals surface area (Å²) >= 11 is 0. The van der Waals surface area contributed by atoms with Gasteiger partial charge < -0.3 is 10.6 Å². The minimum absolute atomic E-state index is 0.0495. The summed E-state index contributed by atoms with van der Waals surface area (Å²) in [4.78, 5) is 11.5. The Balaban J connectivity index is 3.57. The molecule has 0 bridgehead atoms. The van der Waals surface area contributed by atoms with E-state index < -0.39 is 10.8 Å². The smallest absolute Gasteiger partial charge is 0.221 e. The second-order valence-corrected chi connectivity index (χ2v) is 7.18. The molecule has 2 N–H and O–H groups in total. The van der Waals surface area contributed by atoms with Crippen molar-refractivity contribution in [2.75, 3.05) is 19.3 Å². The van der Waals surface area contributed by atoms with E-state index in [0.717, 1.165) is 6.42 Å². The van der Waals surface area contributed by atoms with Gasteiger partial charge in [0.25, 0.3) is 0 Å². The summed E-state index contributed by atoms with van der Waals surface area (Å²) in [6.07, 6.45) is 2.95. The van der Waals surface area contributed by atoms with Gasteiger partial charge in [-0.25, -0.2) is 0 Å². The standard InChI is InChI=1S/C12H26N2O2S/c1-10(17(5)16)6-8-13-11(15)7-9-14-12(2,3)4/h10,14H,6-9H2,1-5H3,(H,13,15). The first kappa shape index (κ1) is 16.6. The average Bonchev–Trinajstić information content (AvgIpc) is 2.15. The molecule has 0 spiro atoms. The van der Waals surface area contributed by atoms with E-state index in [0.29, 0.717) is 19.5 Å². The normalized spacial score (nSPS) is 15.4. The van der Waals surface area contributed by atoms with E-state index >= 15 is 0 Å². The highest BCUT2D eigenvalue weighted by Gasteiger charge is 2.10. The molecule has 0 heterocycles. The van der Waals surface area contributed by atoms with Crippen LogP contribution in [0.2, 0.25) is 0 Å². The highest BCUT2D eigenvalue weighted by Crippen LogP contribution is 1.99. The molecule has 5 heteroatoms. The van der Waals surface area contributed by atoms with Crippen LogP contribution in [0.4, 0.5) is 0 Å². The van der Waals surface area contributed by atoms with E-state index in [4.69, 9.17) is 0 Å². The molecule has 0 aliphatic heterocycles. The van der Waals surface area contributed by atoms with Crippen LogP contribution >= 0.6 is 0 Å². The van der Waals surface area contributed by atoms with Crippen LogP contribution in [0.25, 0.3) is 0 Å². The molecule has 0 saturated carbocycles. The summed E-state index contributed by atoms with van der Waals surface area (Å²) in [6, 6.07) is 0. The molecule has 0 saturated heterocycles. The Morgan fingerprint density at radius 3 is 2.35 bits per heavy atom. The molecule has 0 rings (SSSR count). The van der Waals surface area contributed by atoms with Gasteiger partial charge in [0.15, 0.2) is 0 Å². The Bertz CT molecular complexity index is 262. The van der Waals surface area contributed by atoms with Crippen molar-refractivity contribution in [1.82, 2.24) is 10.6 Å². The van der Waals surface area contributed by atoms with Crippen LogP contribution < -0.4 is 10.6 Å². The summed E-state index contributed by atoms with van der Waals surface area (Å²) < 4.78 is 11.1. The highest BCUT2D eigenvalue weighted by molar-refractivity contribution is 7.84. The molecule has 17 heavy (non-hydrogen) atoms. The minimum atomic E-state index is -0.806. The fourth-order valence-electron chi connectivity index (χ4n) is 1.22. The zero-order chi connectivity index (χ0) is 13.5. The third-order valence-corrected chi connectivity index (χ3v) is 3.82. The molecule has 0 aromatic carbocycles. The van der Waals surface area contributed by atoms with E-state index in [1.807, 2.05) is 6.92 Å². The van der Waals surface area contributed by atoms with Crippen molar-refractivity contribution >= 4 is 16.7 Å². The summed E-state index contributed by atoms with van der Waals surface area (Å²) in [5, 5.41) is 6.24. The number of hydrogen-bond acceptors (Lipinski definition) is 3. The Hall–Kier alpha value is -0.420. The Kier molecular flexibility index (Phi) is 7.63. The lowest BCUT2D eigenvalue weighted by molar-refractivity contribution is -0.121. The van der Waals surface area contributed by atoms with Crippen LogP contribution in [-0.4, -0.2) is 40.3 Å². The summed E-state index contributed by atoms with van der Waals surface area (Å²) in [5.41, 5.74) is 0.0495. The lowest BCUT2D eigenvalue weighted by Gasteiger charge is -2.20. The molecular weight excluding hydrogens is 236 g/mol. The van der Waals surface area contributed by atoms with Crippen molar-refractivity contribution < 1.29 is 9.00 Å². The zero-order valence-electron chi connectivity index (χ0n) is 11.6. The van der Waals surface area contributed by atoms with Gasteiger partial charge in [-0.2, -0.15) is 0 Å². The fraction of sp³-hybridized carbons (Fsp3) is 0.917. The van der Waals surface area contributed by atoms with Crippen LogP contribution in [0.5, 0.6) is 0 Å². The second-order valence-electron chi connectivity index (χ2n) is 5.37. The van der Waals surface area contributed by atoms with Crippen LogP contribution in [-0.2, 0) is 15.6 Å². The molecular formula is C12H26N2O2S. The van der Waals surface area contributed by atoms with E-state index in [1.165, 1.54) is 0 Å². The fourth-order valence-corrected chi connectivity index (χ4v) is 1.67. The maximum atomic E-state index is 11.5. The van der Waals surface area contributed by atoms with Crippen molar-refractivity contribution in [2.24, 2.45) is 0 Å². The quantitative estimate of drug-likeness (QED) is 0.721. The number of hydrogen-bond donors (Lipinski definition) is 2. The largest absolute Gasteiger partial charge is 0.356 e. The van der Waals surface area contributed by atoms with Crippen LogP contribution in [0.15, 0.2) is 0 Å². The molecule has 0 aromatic rings. The molecule has 2 unspecified atom stereocenters. The first-order valence-electron chi connectivity index (χ1n) is 6.06. The van der Waals surface area contributed by atoms with Crippen molar-refractivity contribution in [1.29, 1.82) is 0 Å². The third-order valence-electron chi connectivity index (χ3n) is 2.45. The van der Waals surface area contributed by atoms with Gasteiger partial charge in [0, 0.05) is 47.4 Å². The monoisotopic (exact) mass is 262 g/mol. The van der Waals surface area contributed by atoms with Gasteiger partial charge in [0.05, 0.1) is 0 Å². The van der Waals surface area contributed by atoms with Gasteiger partial charge in [0.2, 0.25) is 5.91 Å². The van der Waals surface area contributed by atoms with Gasteiger partial charge >= 0.3 is 0 Å². The van der Waals surface area contributed by atoms with Gasteiger partial charge in [-0.1, -0.05) is 6.92 Å². The molecule has 4 nitrogen and oxygen atoms in total. The maximum absolute atomic E-state index is 11.5. The Morgan fingerprint density at radius 2 is 1.88 bits per heavy atom. The predicted molar refractivity (Wildman–Crippen MR) is 73.5 cm³/mol. The first-order chi connectivity index (χ1) is 7.72. The Morgan fingerprint density at radius 1 is 1.29 bits per heavy atom. The summed E-state index contributed by atoms with van der Waals surface area (Å²) in [5.74, 6) is 0.0517. The molecule has 0 fully saturated rings. The zero-order valence-corrected chi connectivity index (χ0v) is 12.4. The number of nitrogens with one attached hydrogen (secondary N) is 2. The van der Waals surface area contributed by atoms with E-state index in [9.17, 15) is 9.00 Å². The average molecular weight is 262 g/mol. The number of carbonyl (C=O) groups excluding carboxylic acids is 1. The second kappa shape index (κ2) is 7.82. The molecule has 1 amide bonds. The SMILES string of the molecule is CC(CCNC(=O)CCNC(C)(C)C)S(C)=O. The van der Waals surface area contributed by atoms with Gasteiger partial charge in [-0.05, 0) is 27.2 Å². The van der Waals surface area contributed by atoms with Crippen molar-refractivity contribution in [3.05, 3.63) is 0 Å². The highest BCUT2D eigenvalue weighted by atomic mass is 32.2. The van der Waals surface area contributed by atoms with Crippen LogP contribution in [0, 0.1) is 0 Å². The van der Waals surface area contributed by atoms with Crippen molar-refractivity contribution in [3.8, 4) is 0 Å². The van der Waals surface area contributed by atoms with E-state index in [2.05, 4.69) is 31.4 Å². The number of carbonyl (C=O) groups is 1. The molecule has 0 aromatic heterocycles. The van der Waals surface area contributed by atoms with Crippen LogP contribution in [0.3, 0.4) is 0 Å². The Labute approximate surface area is 107 Å².